The van der Waals surface area contributed by atoms with Crippen molar-refractivity contribution < 1.29 is 8.42 Å². The molecule has 0 heterocycles. The van der Waals surface area contributed by atoms with Crippen LogP contribution >= 0.6 is 0 Å². The molecular formula is C5H13N2O2S. The number of rotatable bonds is 4. The molecule has 4 nitrogen and oxygen atoms in total. The molecule has 0 amide bonds. The van der Waals surface area contributed by atoms with Gasteiger partial charge in [-0.3, -0.25) is 0 Å². The molecule has 0 aromatic carbocycles. The Morgan fingerprint density at radius 2 is 2.10 bits per heavy atom. The molecule has 0 aliphatic rings. The predicted octanol–water partition coefficient (Wildman–Crippen LogP) is -0.494. The number of nitrogens with one attached hydrogen (secondary N) is 1. The molecule has 0 spiro atoms. The highest BCUT2D eigenvalue weighted by molar-refractivity contribution is 7.88. The average Bonchev–Trinajstić information content (AvgIpc) is 1.59. The Morgan fingerprint density at radius 1 is 1.60 bits per heavy atom. The first-order valence-electron chi connectivity index (χ1n) is 3.09. The van der Waals surface area contributed by atoms with E-state index in [4.69, 9.17) is 0 Å². The molecule has 0 rings (SSSR count). The van der Waals surface area contributed by atoms with Gasteiger partial charge in [0.25, 0.3) is 0 Å². The van der Waals surface area contributed by atoms with E-state index in [0.717, 1.165) is 6.26 Å². The average molecular weight is 165 g/mol. The van der Waals surface area contributed by atoms with Crippen LogP contribution in [0, 0.1) is 0 Å². The number of hydrogen-bond donors (Lipinski definition) is 1. The first kappa shape index (κ1) is 9.87. The van der Waals surface area contributed by atoms with Crippen molar-refractivity contribution in [1.29, 1.82) is 0 Å². The molecule has 0 aliphatic heterocycles. The highest BCUT2D eigenvalue weighted by Crippen LogP contribution is 1.81. The molecule has 0 saturated carbocycles. The van der Waals surface area contributed by atoms with Crippen molar-refractivity contribution in [1.82, 2.24) is 10.0 Å². The van der Waals surface area contributed by atoms with Gasteiger partial charge in [0.1, 0.15) is 0 Å². The normalized spacial score (nSPS) is 15.1. The smallest absolute Gasteiger partial charge is 0.210 e. The lowest BCUT2D eigenvalue weighted by molar-refractivity contribution is 0.510. The van der Waals surface area contributed by atoms with Crippen LogP contribution in [0.15, 0.2) is 0 Å². The van der Waals surface area contributed by atoms with Gasteiger partial charge in [0.15, 0.2) is 0 Å². The molecule has 1 unspecified atom stereocenters. The second kappa shape index (κ2) is 3.90. The second-order valence-electron chi connectivity index (χ2n) is 2.06. The van der Waals surface area contributed by atoms with Crippen LogP contribution in [0.1, 0.15) is 13.8 Å². The molecule has 0 aromatic rings. The van der Waals surface area contributed by atoms with Gasteiger partial charge in [-0.05, 0) is 6.92 Å². The standard InChI is InChI=1S/C5H13N2O2S/c1-4-6-5(2)7-10(3,8)9/h5,7H,4H2,1-3H3. The summed E-state index contributed by atoms with van der Waals surface area (Å²) in [4.78, 5) is 0. The maximum absolute atomic E-state index is 10.5. The third-order valence-corrected chi connectivity index (χ3v) is 1.61. The quantitative estimate of drug-likeness (QED) is 0.611. The molecule has 0 aromatic heterocycles. The van der Waals surface area contributed by atoms with Gasteiger partial charge in [-0.15, -0.1) is 0 Å². The van der Waals surface area contributed by atoms with Crippen molar-refractivity contribution >= 4 is 10.0 Å². The molecular weight excluding hydrogens is 152 g/mol. The van der Waals surface area contributed by atoms with Gasteiger partial charge < -0.3 is 0 Å². The third kappa shape index (κ3) is 6.00. The maximum Gasteiger partial charge on any atom is 0.210 e. The Hall–Kier alpha value is -0.130. The summed E-state index contributed by atoms with van der Waals surface area (Å²) >= 11 is 0. The van der Waals surface area contributed by atoms with Gasteiger partial charge in [-0.25, -0.2) is 13.7 Å². The molecule has 10 heavy (non-hydrogen) atoms. The monoisotopic (exact) mass is 165 g/mol. The highest BCUT2D eigenvalue weighted by atomic mass is 32.2. The van der Waals surface area contributed by atoms with Crippen LogP contribution in [0.25, 0.3) is 0 Å². The van der Waals surface area contributed by atoms with E-state index in [1.165, 1.54) is 0 Å². The molecule has 1 N–H and O–H groups in total. The Balaban J connectivity index is 3.69. The van der Waals surface area contributed by atoms with Crippen LogP contribution in [0.3, 0.4) is 0 Å². The summed E-state index contributed by atoms with van der Waals surface area (Å²) in [5, 5.41) is 3.92. The fraction of sp³-hybridized carbons (Fsp3) is 1.00. The van der Waals surface area contributed by atoms with Crippen molar-refractivity contribution in [2.75, 3.05) is 12.8 Å². The van der Waals surface area contributed by atoms with Crippen LogP contribution in [0.4, 0.5) is 0 Å². The van der Waals surface area contributed by atoms with Crippen LogP contribution in [0.2, 0.25) is 0 Å². The van der Waals surface area contributed by atoms with Crippen molar-refractivity contribution in [3.63, 3.8) is 0 Å². The Morgan fingerprint density at radius 3 is 2.40 bits per heavy atom. The molecule has 61 valence electrons. The Bertz CT molecular complexity index is 176. The highest BCUT2D eigenvalue weighted by Gasteiger charge is 2.06. The van der Waals surface area contributed by atoms with Gasteiger partial charge in [-0.2, -0.15) is 4.72 Å². The first-order chi connectivity index (χ1) is 4.45. The minimum absolute atomic E-state index is 0.306. The number of nitrogens with zero attached hydrogens (tertiary/aromatic N) is 1. The van der Waals surface area contributed by atoms with Crippen LogP contribution in [-0.4, -0.2) is 27.4 Å². The van der Waals surface area contributed by atoms with E-state index in [1.807, 2.05) is 6.92 Å². The molecule has 5 heteroatoms. The lowest BCUT2D eigenvalue weighted by Gasteiger charge is -2.09. The lowest BCUT2D eigenvalue weighted by atomic mass is 10.6. The summed E-state index contributed by atoms with van der Waals surface area (Å²) < 4.78 is 23.4. The van der Waals surface area contributed by atoms with E-state index in [-0.39, 0.29) is 6.17 Å². The summed E-state index contributed by atoms with van der Waals surface area (Å²) in [6, 6.07) is 0. The van der Waals surface area contributed by atoms with Gasteiger partial charge in [0, 0.05) is 6.54 Å². The van der Waals surface area contributed by atoms with E-state index in [0.29, 0.717) is 6.54 Å². The van der Waals surface area contributed by atoms with Crippen molar-refractivity contribution in [3.05, 3.63) is 0 Å². The van der Waals surface area contributed by atoms with E-state index in [1.54, 1.807) is 6.92 Å². The Kier molecular flexibility index (Phi) is 3.85. The van der Waals surface area contributed by atoms with Gasteiger partial charge in [-0.1, -0.05) is 6.92 Å². The van der Waals surface area contributed by atoms with Gasteiger partial charge in [0.2, 0.25) is 10.0 Å². The molecule has 1 atom stereocenters. The van der Waals surface area contributed by atoms with E-state index < -0.39 is 10.0 Å². The minimum Gasteiger partial charge on any atom is -0.223 e. The predicted molar refractivity (Wildman–Crippen MR) is 40.1 cm³/mol. The maximum atomic E-state index is 10.5. The zero-order valence-electron chi connectivity index (χ0n) is 6.46. The Labute approximate surface area is 62.1 Å². The summed E-state index contributed by atoms with van der Waals surface area (Å²) in [6.07, 6.45) is 0.814. The van der Waals surface area contributed by atoms with E-state index in [2.05, 4.69) is 10.0 Å². The number of sulfonamides is 1. The van der Waals surface area contributed by atoms with Crippen molar-refractivity contribution in [2.24, 2.45) is 0 Å². The zero-order valence-corrected chi connectivity index (χ0v) is 7.27. The van der Waals surface area contributed by atoms with Crippen molar-refractivity contribution in [2.45, 2.75) is 20.0 Å². The largest absolute Gasteiger partial charge is 0.223 e. The summed E-state index contributed by atoms with van der Waals surface area (Å²) in [7, 11) is -3.09. The van der Waals surface area contributed by atoms with E-state index in [9.17, 15) is 8.42 Å². The van der Waals surface area contributed by atoms with Gasteiger partial charge in [0.05, 0.1) is 12.4 Å². The molecule has 0 bridgehead atoms. The summed E-state index contributed by atoms with van der Waals surface area (Å²) in [6.45, 7) is 4.19. The molecule has 0 saturated heterocycles. The fourth-order valence-corrected chi connectivity index (χ4v) is 1.32. The van der Waals surface area contributed by atoms with Crippen LogP contribution < -0.4 is 10.0 Å². The topological polar surface area (TPSA) is 60.3 Å². The molecule has 1 radical (unpaired) electrons. The summed E-state index contributed by atoms with van der Waals surface area (Å²) in [5.74, 6) is 0. The third-order valence-electron chi connectivity index (χ3n) is 0.841. The fourth-order valence-electron chi connectivity index (χ4n) is 0.621. The van der Waals surface area contributed by atoms with Crippen LogP contribution in [-0.2, 0) is 10.0 Å². The SMILES string of the molecule is CC[N]C(C)NS(C)(=O)=O. The second-order valence-corrected chi connectivity index (χ2v) is 3.84. The van der Waals surface area contributed by atoms with Crippen LogP contribution in [0.5, 0.6) is 0 Å². The number of hydrogen-bond acceptors (Lipinski definition) is 2. The zero-order chi connectivity index (χ0) is 8.20. The van der Waals surface area contributed by atoms with Gasteiger partial charge >= 0.3 is 0 Å². The van der Waals surface area contributed by atoms with E-state index >= 15 is 0 Å². The minimum atomic E-state index is -3.09. The molecule has 0 aliphatic carbocycles. The molecule has 0 fully saturated rings. The summed E-state index contributed by atoms with van der Waals surface area (Å²) in [5.41, 5.74) is 0. The first-order valence-corrected chi connectivity index (χ1v) is 4.98. The van der Waals surface area contributed by atoms with Crippen molar-refractivity contribution in [3.8, 4) is 0 Å². The lowest BCUT2D eigenvalue weighted by Crippen LogP contribution is -2.38.